The van der Waals surface area contributed by atoms with Crippen LogP contribution in [0.25, 0.3) is 0 Å². The summed E-state index contributed by atoms with van der Waals surface area (Å²) in [5, 5.41) is 3.19. The summed E-state index contributed by atoms with van der Waals surface area (Å²) in [7, 11) is 0. The van der Waals surface area contributed by atoms with Crippen molar-refractivity contribution < 1.29 is 9.53 Å². The minimum Gasteiger partial charge on any atom is -0.463 e. The zero-order valence-electron chi connectivity index (χ0n) is 9.37. The van der Waals surface area contributed by atoms with Crippen LogP contribution in [0.4, 0.5) is 5.69 Å². The van der Waals surface area contributed by atoms with Crippen LogP contribution in [0.2, 0.25) is 0 Å². The Morgan fingerprint density at radius 1 is 1.41 bits per heavy atom. The van der Waals surface area contributed by atoms with Crippen molar-refractivity contribution in [3.05, 3.63) is 39.3 Å². The first kappa shape index (κ1) is 14.3. The fourth-order valence-electron chi connectivity index (χ4n) is 1.17. The van der Waals surface area contributed by atoms with Crippen molar-refractivity contribution in [1.29, 1.82) is 0 Å². The van der Waals surface area contributed by atoms with Gasteiger partial charge in [0.15, 0.2) is 0 Å². The predicted octanol–water partition coefficient (Wildman–Crippen LogP) is 3.74. The summed E-state index contributed by atoms with van der Waals surface area (Å²) in [6.07, 6.45) is 3.14. The quantitative estimate of drug-likeness (QED) is 0.640. The van der Waals surface area contributed by atoms with Gasteiger partial charge >= 0.3 is 5.97 Å². The number of para-hydroxylation sites is 1. The summed E-state index contributed by atoms with van der Waals surface area (Å²) in [6.45, 7) is 2.73. The summed E-state index contributed by atoms with van der Waals surface area (Å²) in [5.74, 6) is -0.319. The first-order chi connectivity index (χ1) is 8.15. The van der Waals surface area contributed by atoms with Crippen LogP contribution in [0, 0.1) is 0 Å². The third kappa shape index (κ3) is 4.91. The molecule has 3 nitrogen and oxygen atoms in total. The molecule has 0 unspecified atom stereocenters. The number of rotatable bonds is 5. The molecule has 0 radical (unpaired) electrons. The minimum atomic E-state index is -0.319. The first-order valence-corrected chi connectivity index (χ1v) is 6.75. The third-order valence-electron chi connectivity index (χ3n) is 1.90. The SMILES string of the molecule is CCOC(=O)/C=C/CNc1c(Br)cccc1Br. The fraction of sp³-hybridized carbons (Fsp3) is 0.250. The van der Waals surface area contributed by atoms with E-state index in [4.69, 9.17) is 4.74 Å². The number of carbonyl (C=O) groups excluding carboxylic acids is 1. The number of halogens is 2. The molecule has 1 rings (SSSR count). The molecule has 0 aliphatic heterocycles. The van der Waals surface area contributed by atoms with Crippen LogP contribution in [-0.4, -0.2) is 19.1 Å². The lowest BCUT2D eigenvalue weighted by molar-refractivity contribution is -0.137. The second-order valence-electron chi connectivity index (χ2n) is 3.13. The minimum absolute atomic E-state index is 0.319. The van der Waals surface area contributed by atoms with E-state index >= 15 is 0 Å². The Hall–Kier alpha value is -0.810. The average Bonchev–Trinajstić information content (AvgIpc) is 2.28. The van der Waals surface area contributed by atoms with Crippen molar-refractivity contribution in [3.63, 3.8) is 0 Å². The second-order valence-corrected chi connectivity index (χ2v) is 4.84. The van der Waals surface area contributed by atoms with Crippen LogP contribution >= 0.6 is 31.9 Å². The van der Waals surface area contributed by atoms with Crippen LogP contribution < -0.4 is 5.32 Å². The summed E-state index contributed by atoms with van der Waals surface area (Å²) >= 11 is 6.89. The Kier molecular flexibility index (Phi) is 6.29. The molecule has 0 spiro atoms. The lowest BCUT2D eigenvalue weighted by atomic mass is 10.3. The van der Waals surface area contributed by atoms with Gasteiger partial charge in [0.1, 0.15) is 0 Å². The van der Waals surface area contributed by atoms with E-state index in [-0.39, 0.29) is 5.97 Å². The lowest BCUT2D eigenvalue weighted by Crippen LogP contribution is -2.03. The number of hydrogen-bond acceptors (Lipinski definition) is 3. The van der Waals surface area contributed by atoms with Gasteiger partial charge in [-0.1, -0.05) is 12.1 Å². The Labute approximate surface area is 117 Å². The molecule has 1 N–H and O–H groups in total. The van der Waals surface area contributed by atoms with Crippen molar-refractivity contribution in [2.75, 3.05) is 18.5 Å². The van der Waals surface area contributed by atoms with Crippen LogP contribution in [0.15, 0.2) is 39.3 Å². The van der Waals surface area contributed by atoms with Gasteiger partial charge in [0.25, 0.3) is 0 Å². The summed E-state index contributed by atoms with van der Waals surface area (Å²) < 4.78 is 6.71. The maximum absolute atomic E-state index is 11.0. The molecule has 92 valence electrons. The topological polar surface area (TPSA) is 38.3 Å². The van der Waals surface area contributed by atoms with Crippen molar-refractivity contribution in [2.24, 2.45) is 0 Å². The molecule has 0 heterocycles. The van der Waals surface area contributed by atoms with Crippen LogP contribution in [-0.2, 0) is 9.53 Å². The second kappa shape index (κ2) is 7.50. The highest BCUT2D eigenvalue weighted by Gasteiger charge is 2.02. The van der Waals surface area contributed by atoms with Gasteiger partial charge in [-0.2, -0.15) is 0 Å². The molecule has 5 heteroatoms. The zero-order chi connectivity index (χ0) is 12.7. The molecule has 0 fully saturated rings. The molecular formula is C12H13Br2NO2. The maximum atomic E-state index is 11.0. The molecule has 17 heavy (non-hydrogen) atoms. The van der Waals surface area contributed by atoms with Crippen LogP contribution in [0.3, 0.4) is 0 Å². The Bertz CT molecular complexity index is 399. The molecule has 0 amide bonds. The molecular weight excluding hydrogens is 350 g/mol. The van der Waals surface area contributed by atoms with E-state index in [9.17, 15) is 4.79 Å². The van der Waals surface area contributed by atoms with Crippen LogP contribution in [0.5, 0.6) is 0 Å². The molecule has 0 aliphatic rings. The molecule has 0 aliphatic carbocycles. The molecule has 0 atom stereocenters. The van der Waals surface area contributed by atoms with E-state index in [1.165, 1.54) is 6.08 Å². The molecule has 0 saturated carbocycles. The molecule has 0 aromatic heterocycles. The van der Waals surface area contributed by atoms with Gasteiger partial charge in [0.2, 0.25) is 0 Å². The number of esters is 1. The highest BCUT2D eigenvalue weighted by Crippen LogP contribution is 2.30. The monoisotopic (exact) mass is 361 g/mol. The summed E-state index contributed by atoms with van der Waals surface area (Å²) in [6, 6.07) is 5.83. The van der Waals surface area contributed by atoms with E-state index in [1.807, 2.05) is 18.2 Å². The van der Waals surface area contributed by atoms with Gasteiger partial charge in [0.05, 0.1) is 12.3 Å². The first-order valence-electron chi connectivity index (χ1n) is 5.16. The Morgan fingerprint density at radius 2 is 2.06 bits per heavy atom. The molecule has 1 aromatic carbocycles. The third-order valence-corrected chi connectivity index (χ3v) is 3.22. The summed E-state index contributed by atoms with van der Waals surface area (Å²) in [4.78, 5) is 11.0. The molecule has 0 saturated heterocycles. The van der Waals surface area contributed by atoms with Gasteiger partial charge in [-0.15, -0.1) is 0 Å². The lowest BCUT2D eigenvalue weighted by Gasteiger charge is -2.08. The summed E-state index contributed by atoms with van der Waals surface area (Å²) in [5.41, 5.74) is 0.959. The highest BCUT2D eigenvalue weighted by atomic mass is 79.9. The van der Waals surface area contributed by atoms with E-state index in [2.05, 4.69) is 37.2 Å². The zero-order valence-corrected chi connectivity index (χ0v) is 12.5. The van der Waals surface area contributed by atoms with Gasteiger partial charge in [0, 0.05) is 21.6 Å². The van der Waals surface area contributed by atoms with Gasteiger partial charge in [-0.05, 0) is 50.9 Å². The van der Waals surface area contributed by atoms with E-state index in [0.29, 0.717) is 13.2 Å². The van der Waals surface area contributed by atoms with E-state index < -0.39 is 0 Å². The van der Waals surface area contributed by atoms with E-state index in [1.54, 1.807) is 13.0 Å². The number of ether oxygens (including phenoxy) is 1. The van der Waals surface area contributed by atoms with Gasteiger partial charge in [-0.25, -0.2) is 4.79 Å². The number of anilines is 1. The highest BCUT2D eigenvalue weighted by molar-refractivity contribution is 9.11. The smallest absolute Gasteiger partial charge is 0.330 e. The average molecular weight is 363 g/mol. The van der Waals surface area contributed by atoms with Gasteiger partial charge < -0.3 is 10.1 Å². The number of nitrogens with one attached hydrogen (secondary N) is 1. The number of hydrogen-bond donors (Lipinski definition) is 1. The van der Waals surface area contributed by atoms with Crippen LogP contribution in [0.1, 0.15) is 6.92 Å². The van der Waals surface area contributed by atoms with Gasteiger partial charge in [-0.3, -0.25) is 0 Å². The fourth-order valence-corrected chi connectivity index (χ4v) is 2.45. The Balaban J connectivity index is 2.49. The molecule has 0 bridgehead atoms. The van der Waals surface area contributed by atoms with Crippen molar-refractivity contribution >= 4 is 43.5 Å². The maximum Gasteiger partial charge on any atom is 0.330 e. The Morgan fingerprint density at radius 3 is 2.65 bits per heavy atom. The molecule has 1 aromatic rings. The standard InChI is InChI=1S/C12H13Br2NO2/c1-2-17-11(16)7-4-8-15-12-9(13)5-3-6-10(12)14/h3-7,15H,2,8H2,1H3/b7-4+. The largest absolute Gasteiger partial charge is 0.463 e. The number of carbonyl (C=O) groups is 1. The predicted molar refractivity (Wildman–Crippen MR) is 76.1 cm³/mol. The van der Waals surface area contributed by atoms with Crippen molar-refractivity contribution in [1.82, 2.24) is 0 Å². The van der Waals surface area contributed by atoms with E-state index in [0.717, 1.165) is 14.6 Å². The normalized spacial score (nSPS) is 10.5. The van der Waals surface area contributed by atoms with Crippen molar-refractivity contribution in [2.45, 2.75) is 6.92 Å². The number of benzene rings is 1. The van der Waals surface area contributed by atoms with Crippen molar-refractivity contribution in [3.8, 4) is 0 Å².